The average Bonchev–Trinajstić information content (AvgIpc) is 3.66. The molecule has 4 N–H and O–H groups in total. The van der Waals surface area contributed by atoms with Crippen molar-refractivity contribution >= 4 is 65.3 Å². The second-order valence-corrected chi connectivity index (χ2v) is 20.3. The molecule has 3 aliphatic rings. The van der Waals surface area contributed by atoms with Crippen molar-refractivity contribution in [2.24, 2.45) is 0 Å². The lowest BCUT2D eigenvalue weighted by atomic mass is 9.81. The van der Waals surface area contributed by atoms with Gasteiger partial charge in [0.05, 0.1) is 34.7 Å². The number of benzene rings is 2. The van der Waals surface area contributed by atoms with Gasteiger partial charge in [0.15, 0.2) is 0 Å². The SMILES string of the molecule is CC1(C)C(C=CC=C(Cl)C=C/C=C2\C(C)(C)c3cc(S(=O)(=O)O)ccc3[N+]23CCCC3S(=O)(=O)O)=C(CCCCS(=O)(=O)O)c2ccc(SOOO)cc21. The molecule has 1 fully saturated rings. The molecule has 5 rings (SSSR count). The van der Waals surface area contributed by atoms with E-state index in [9.17, 15) is 38.9 Å². The molecule has 2 unspecified atom stereocenters. The zero-order chi connectivity index (χ0) is 39.9. The minimum absolute atomic E-state index is 0.185. The highest BCUT2D eigenvalue weighted by Gasteiger charge is 2.62. The summed E-state index contributed by atoms with van der Waals surface area (Å²) < 4.78 is 106. The molecule has 2 heterocycles. The molecule has 1 saturated heterocycles. The van der Waals surface area contributed by atoms with E-state index in [1.54, 1.807) is 30.4 Å². The summed E-state index contributed by atoms with van der Waals surface area (Å²) in [5, 5.41) is 11.5. The van der Waals surface area contributed by atoms with Crippen LogP contribution in [0.5, 0.6) is 0 Å². The van der Waals surface area contributed by atoms with Gasteiger partial charge in [-0.2, -0.15) is 25.3 Å². The lowest BCUT2D eigenvalue weighted by Gasteiger charge is -2.37. The maximum absolute atomic E-state index is 12.8. The third-order valence-electron chi connectivity index (χ3n) is 10.5. The van der Waals surface area contributed by atoms with Crippen LogP contribution in [0.4, 0.5) is 5.69 Å². The molecule has 2 atom stereocenters. The van der Waals surface area contributed by atoms with Gasteiger partial charge in [-0.05, 0) is 97.9 Å². The fourth-order valence-corrected chi connectivity index (χ4v) is 11.1. The zero-order valence-corrected chi connectivity index (χ0v) is 34.0. The van der Waals surface area contributed by atoms with Gasteiger partial charge in [-0.3, -0.25) is 13.7 Å². The predicted molar refractivity (Wildman–Crippen MR) is 208 cm³/mol. The van der Waals surface area contributed by atoms with E-state index in [0.717, 1.165) is 34.3 Å². The third kappa shape index (κ3) is 8.52. The largest absolute Gasteiger partial charge is 0.320 e. The first kappa shape index (κ1) is 42.5. The Bertz CT molecular complexity index is 2310. The summed E-state index contributed by atoms with van der Waals surface area (Å²) in [7, 11) is -13.2. The van der Waals surface area contributed by atoms with Crippen LogP contribution in [0, 0.1) is 0 Å². The Balaban J connectivity index is 1.48. The Morgan fingerprint density at radius 3 is 2.33 bits per heavy atom. The second-order valence-electron chi connectivity index (χ2n) is 14.5. The monoisotopic (exact) mass is 844 g/mol. The quantitative estimate of drug-likeness (QED) is 0.0272. The molecular formula is C36H43ClNO12S4+. The van der Waals surface area contributed by atoms with Crippen LogP contribution in [0.1, 0.15) is 76.5 Å². The van der Waals surface area contributed by atoms with E-state index >= 15 is 0 Å². The van der Waals surface area contributed by atoms with Gasteiger partial charge in [0.25, 0.3) is 20.2 Å². The number of rotatable bonds is 14. The first-order valence-corrected chi connectivity index (χ1v) is 22.6. The van der Waals surface area contributed by atoms with Crippen molar-refractivity contribution in [3.63, 3.8) is 0 Å². The lowest BCUT2D eigenvalue weighted by molar-refractivity contribution is -0.432. The van der Waals surface area contributed by atoms with Crippen molar-refractivity contribution in [3.05, 3.63) is 106 Å². The zero-order valence-electron chi connectivity index (χ0n) is 30.0. The maximum Gasteiger partial charge on any atom is 0.320 e. The molecule has 2 aromatic rings. The standard InChI is InChI=1S/C36H42ClNO12S4/c1-35(2)29(27(12-5-6-21-52(40,41)42)28-18-16-25(22-30(28)35)51-50-49-39)13-7-10-24(37)11-8-14-33-36(3,4)31-23-26(53(43,44)45)17-19-32(31)38(33)20-9-15-34(38)54(46,47)48/h7-8,10-11,13-14,16-19,22-23,34H,5-6,9,12,15,20-21H2,1-4H3,(H3-,39,40,41,42,43,44,45,46,47,48)/p+1/b11-8?,13-7?,24-10?,33-14+. The summed E-state index contributed by atoms with van der Waals surface area (Å²) in [6, 6.07) is 9.74. The van der Waals surface area contributed by atoms with Crippen LogP contribution in [0.15, 0.2) is 98.9 Å². The van der Waals surface area contributed by atoms with Crippen LogP contribution in [-0.2, 0) is 50.6 Å². The number of halogens is 1. The molecule has 0 saturated carbocycles. The molecule has 2 aromatic carbocycles. The van der Waals surface area contributed by atoms with Crippen molar-refractivity contribution in [2.45, 2.75) is 85.8 Å². The van der Waals surface area contributed by atoms with E-state index in [4.69, 9.17) is 16.9 Å². The molecule has 13 nitrogen and oxygen atoms in total. The van der Waals surface area contributed by atoms with Crippen molar-refractivity contribution in [2.75, 3.05) is 12.3 Å². The van der Waals surface area contributed by atoms with Crippen LogP contribution in [0.25, 0.3) is 5.57 Å². The third-order valence-corrected chi connectivity index (χ3v) is 14.3. The summed E-state index contributed by atoms with van der Waals surface area (Å²) in [6.45, 7) is 8.09. The summed E-state index contributed by atoms with van der Waals surface area (Å²) in [6.07, 6.45) is 12.4. The van der Waals surface area contributed by atoms with E-state index < -0.39 is 46.6 Å². The Kier molecular flexibility index (Phi) is 12.4. The molecule has 1 spiro atoms. The maximum atomic E-state index is 12.8. The van der Waals surface area contributed by atoms with Crippen molar-refractivity contribution in [1.29, 1.82) is 0 Å². The number of fused-ring (bicyclic) bond motifs is 3. The van der Waals surface area contributed by atoms with E-state index in [2.05, 4.69) is 9.37 Å². The van der Waals surface area contributed by atoms with Crippen molar-refractivity contribution < 1.29 is 53.5 Å². The molecule has 0 bridgehead atoms. The minimum Gasteiger partial charge on any atom is -0.286 e. The molecule has 18 heteroatoms. The summed E-state index contributed by atoms with van der Waals surface area (Å²) in [4.78, 5) is 0.363. The highest BCUT2D eigenvalue weighted by atomic mass is 35.5. The molecular weight excluding hydrogens is 802 g/mol. The molecule has 2 aliphatic heterocycles. The Labute approximate surface area is 325 Å². The minimum atomic E-state index is -4.55. The van der Waals surface area contributed by atoms with Crippen molar-refractivity contribution in [3.8, 4) is 0 Å². The van der Waals surface area contributed by atoms with Gasteiger partial charge in [0.2, 0.25) is 5.37 Å². The second kappa shape index (κ2) is 15.7. The van der Waals surface area contributed by atoms with E-state index in [-0.39, 0.29) is 28.0 Å². The molecule has 0 radical (unpaired) electrons. The Hall–Kier alpha value is -2.65. The number of nitrogens with zero attached hydrogens (tertiary/aromatic N) is 1. The Morgan fingerprint density at radius 1 is 0.963 bits per heavy atom. The number of unbranched alkanes of at least 4 members (excludes halogenated alkanes) is 1. The van der Waals surface area contributed by atoms with Gasteiger partial charge in [-0.25, -0.2) is 9.74 Å². The van der Waals surface area contributed by atoms with E-state index in [1.165, 1.54) is 18.2 Å². The number of allylic oxidation sites excluding steroid dienone is 10. The molecule has 0 amide bonds. The highest BCUT2D eigenvalue weighted by molar-refractivity contribution is 7.94. The van der Waals surface area contributed by atoms with Gasteiger partial charge in [0, 0.05) is 39.8 Å². The van der Waals surface area contributed by atoms with E-state index in [0.29, 0.717) is 52.7 Å². The van der Waals surface area contributed by atoms with Crippen LogP contribution in [0.2, 0.25) is 0 Å². The molecule has 1 aliphatic carbocycles. The summed E-state index contributed by atoms with van der Waals surface area (Å²) in [5.41, 5.74) is 4.13. The summed E-state index contributed by atoms with van der Waals surface area (Å²) in [5.74, 6) is -0.345. The lowest BCUT2D eigenvalue weighted by Crippen LogP contribution is -2.55. The van der Waals surface area contributed by atoms with Crippen LogP contribution in [-0.4, -0.2) is 61.8 Å². The van der Waals surface area contributed by atoms with Gasteiger partial charge >= 0.3 is 10.1 Å². The topological polar surface area (TPSA) is 202 Å². The van der Waals surface area contributed by atoms with Crippen LogP contribution >= 0.6 is 23.6 Å². The summed E-state index contributed by atoms with van der Waals surface area (Å²) >= 11 is 7.50. The first-order chi connectivity index (χ1) is 25.0. The number of hydrogen-bond donors (Lipinski definition) is 4. The highest BCUT2D eigenvalue weighted by Crippen LogP contribution is 2.57. The fraction of sp³-hybridized carbons (Fsp3) is 0.389. The van der Waals surface area contributed by atoms with Gasteiger partial charge < -0.3 is 0 Å². The average molecular weight is 845 g/mol. The fourth-order valence-electron chi connectivity index (χ4n) is 8.20. The number of quaternary nitrogens is 1. The number of hydrogen-bond acceptors (Lipinski definition) is 10. The van der Waals surface area contributed by atoms with Gasteiger partial charge in [0.1, 0.15) is 11.4 Å². The molecule has 0 aromatic heterocycles. The van der Waals surface area contributed by atoms with Gasteiger partial charge in [-0.15, -0.1) is 4.33 Å². The normalized spacial score (nSPS) is 23.4. The Morgan fingerprint density at radius 2 is 1.69 bits per heavy atom. The van der Waals surface area contributed by atoms with Gasteiger partial charge in [-0.1, -0.05) is 54.8 Å². The van der Waals surface area contributed by atoms with Crippen LogP contribution < -0.4 is 4.48 Å². The molecule has 54 heavy (non-hydrogen) atoms. The van der Waals surface area contributed by atoms with Crippen molar-refractivity contribution in [1.82, 2.24) is 4.48 Å². The predicted octanol–water partition coefficient (Wildman–Crippen LogP) is 7.89. The first-order valence-electron chi connectivity index (χ1n) is 16.9. The molecule has 294 valence electrons. The van der Waals surface area contributed by atoms with Crippen LogP contribution in [0.3, 0.4) is 0 Å². The smallest absolute Gasteiger partial charge is 0.286 e. The van der Waals surface area contributed by atoms with E-state index in [1.807, 2.05) is 52.0 Å².